The smallest absolute Gasteiger partial charge is 0.263 e. The predicted molar refractivity (Wildman–Crippen MR) is 60.5 cm³/mol. The first-order chi connectivity index (χ1) is 7.74. The number of fused-ring (bicyclic) bond motifs is 1. The monoisotopic (exact) mass is 219 g/mol. The van der Waals surface area contributed by atoms with Crippen LogP contribution in [0.1, 0.15) is 13.3 Å². The summed E-state index contributed by atoms with van der Waals surface area (Å²) in [5.74, 6) is 1.30. The molecular formula is C10H13N5O. The Kier molecular flexibility index (Phi) is 1.95. The van der Waals surface area contributed by atoms with Gasteiger partial charge in [-0.3, -0.25) is 14.9 Å². The third-order valence-electron chi connectivity index (χ3n) is 3.03. The molecule has 2 aromatic heterocycles. The Balaban J connectivity index is 2.07. The molecule has 1 aliphatic heterocycles. The highest BCUT2D eigenvalue weighted by Crippen LogP contribution is 2.19. The number of aromatic nitrogens is 4. The van der Waals surface area contributed by atoms with Crippen molar-refractivity contribution in [3.8, 4) is 0 Å². The van der Waals surface area contributed by atoms with Crippen LogP contribution >= 0.6 is 0 Å². The van der Waals surface area contributed by atoms with Crippen LogP contribution in [-0.4, -0.2) is 33.3 Å². The lowest BCUT2D eigenvalue weighted by molar-refractivity contribution is 0.658. The van der Waals surface area contributed by atoms with Crippen molar-refractivity contribution in [2.45, 2.75) is 13.3 Å². The van der Waals surface area contributed by atoms with Gasteiger partial charge in [-0.1, -0.05) is 6.92 Å². The summed E-state index contributed by atoms with van der Waals surface area (Å²) >= 11 is 0. The summed E-state index contributed by atoms with van der Waals surface area (Å²) in [6, 6.07) is 0. The molecule has 0 bridgehead atoms. The molecule has 3 heterocycles. The molecular weight excluding hydrogens is 206 g/mol. The molecule has 1 aliphatic rings. The van der Waals surface area contributed by atoms with Crippen molar-refractivity contribution in [2.75, 3.05) is 18.0 Å². The Labute approximate surface area is 91.7 Å². The normalized spacial score (nSPS) is 20.8. The molecule has 0 saturated carbocycles. The Morgan fingerprint density at radius 3 is 3.19 bits per heavy atom. The number of nitrogens with zero attached hydrogens (tertiary/aromatic N) is 3. The highest BCUT2D eigenvalue weighted by molar-refractivity contribution is 5.73. The second kappa shape index (κ2) is 3.33. The molecule has 6 heteroatoms. The molecule has 2 N–H and O–H groups in total. The summed E-state index contributed by atoms with van der Waals surface area (Å²) in [5.41, 5.74) is 0.423. The molecule has 6 nitrogen and oxygen atoms in total. The van der Waals surface area contributed by atoms with Crippen molar-refractivity contribution in [1.82, 2.24) is 20.2 Å². The van der Waals surface area contributed by atoms with Crippen LogP contribution in [0.15, 0.2) is 11.0 Å². The standard InChI is InChI=1S/C10H13N5O/c1-6-2-3-15(5-6)10-12-8-7(4-11-14-8)9(16)13-10/h4,6H,2-3,5H2,1H3,(H2,11,12,13,14,16)/t6-/m1/s1. The Morgan fingerprint density at radius 2 is 2.44 bits per heavy atom. The maximum Gasteiger partial charge on any atom is 0.263 e. The van der Waals surface area contributed by atoms with E-state index in [1.807, 2.05) is 0 Å². The van der Waals surface area contributed by atoms with Gasteiger partial charge in [-0.05, 0) is 12.3 Å². The zero-order valence-corrected chi connectivity index (χ0v) is 9.03. The minimum Gasteiger partial charge on any atom is -0.342 e. The quantitative estimate of drug-likeness (QED) is 0.731. The first-order valence-corrected chi connectivity index (χ1v) is 5.42. The van der Waals surface area contributed by atoms with E-state index in [0.29, 0.717) is 22.9 Å². The van der Waals surface area contributed by atoms with Crippen LogP contribution in [0, 0.1) is 5.92 Å². The van der Waals surface area contributed by atoms with Gasteiger partial charge in [0.05, 0.1) is 6.20 Å². The lowest BCUT2D eigenvalue weighted by Crippen LogP contribution is -2.24. The molecule has 3 rings (SSSR count). The fourth-order valence-corrected chi connectivity index (χ4v) is 2.11. The fraction of sp³-hybridized carbons (Fsp3) is 0.500. The van der Waals surface area contributed by atoms with Crippen LogP contribution < -0.4 is 10.5 Å². The average Bonchev–Trinajstić information content (AvgIpc) is 2.85. The largest absolute Gasteiger partial charge is 0.342 e. The molecule has 84 valence electrons. The van der Waals surface area contributed by atoms with Crippen LogP contribution in [-0.2, 0) is 0 Å². The van der Waals surface area contributed by atoms with Crippen LogP contribution in [0.3, 0.4) is 0 Å². The number of anilines is 1. The van der Waals surface area contributed by atoms with Crippen molar-refractivity contribution in [3.05, 3.63) is 16.6 Å². The number of hydrogen-bond acceptors (Lipinski definition) is 4. The summed E-state index contributed by atoms with van der Waals surface area (Å²) in [7, 11) is 0. The lowest BCUT2D eigenvalue weighted by atomic mass is 10.2. The van der Waals surface area contributed by atoms with E-state index in [1.54, 1.807) is 0 Å². The first kappa shape index (κ1) is 9.38. The summed E-state index contributed by atoms with van der Waals surface area (Å²) in [5, 5.41) is 7.06. The van der Waals surface area contributed by atoms with Gasteiger partial charge in [0, 0.05) is 13.1 Å². The Morgan fingerprint density at radius 1 is 1.56 bits per heavy atom. The zero-order chi connectivity index (χ0) is 11.1. The van der Waals surface area contributed by atoms with Crippen LogP contribution in [0.2, 0.25) is 0 Å². The molecule has 2 aromatic rings. The van der Waals surface area contributed by atoms with Crippen molar-refractivity contribution in [2.24, 2.45) is 5.92 Å². The van der Waals surface area contributed by atoms with Gasteiger partial charge in [0.15, 0.2) is 5.65 Å². The molecule has 0 aliphatic carbocycles. The summed E-state index contributed by atoms with van der Waals surface area (Å²) in [6.45, 7) is 4.10. The van der Waals surface area contributed by atoms with Crippen LogP contribution in [0.4, 0.5) is 5.95 Å². The summed E-state index contributed by atoms with van der Waals surface area (Å²) < 4.78 is 0. The van der Waals surface area contributed by atoms with Crippen molar-refractivity contribution in [1.29, 1.82) is 0 Å². The van der Waals surface area contributed by atoms with Gasteiger partial charge in [0.25, 0.3) is 5.56 Å². The van der Waals surface area contributed by atoms with Gasteiger partial charge in [0.1, 0.15) is 5.39 Å². The van der Waals surface area contributed by atoms with Gasteiger partial charge in [-0.25, -0.2) is 0 Å². The zero-order valence-electron chi connectivity index (χ0n) is 9.03. The van der Waals surface area contributed by atoms with Gasteiger partial charge in [0.2, 0.25) is 5.95 Å². The molecule has 0 radical (unpaired) electrons. The molecule has 0 amide bonds. The van der Waals surface area contributed by atoms with E-state index in [0.717, 1.165) is 19.5 Å². The van der Waals surface area contributed by atoms with Crippen LogP contribution in [0.25, 0.3) is 11.0 Å². The lowest BCUT2D eigenvalue weighted by Gasteiger charge is -2.15. The van der Waals surface area contributed by atoms with E-state index < -0.39 is 0 Å². The van der Waals surface area contributed by atoms with Gasteiger partial charge in [-0.2, -0.15) is 10.1 Å². The number of hydrogen-bond donors (Lipinski definition) is 2. The maximum absolute atomic E-state index is 11.7. The Bertz CT molecular complexity index is 572. The third kappa shape index (κ3) is 1.37. The van der Waals surface area contributed by atoms with Crippen molar-refractivity contribution >= 4 is 17.0 Å². The maximum atomic E-state index is 11.7. The highest BCUT2D eigenvalue weighted by Gasteiger charge is 2.21. The number of rotatable bonds is 1. The fourth-order valence-electron chi connectivity index (χ4n) is 2.11. The molecule has 16 heavy (non-hydrogen) atoms. The predicted octanol–water partition coefficient (Wildman–Crippen LogP) is 0.492. The summed E-state index contributed by atoms with van der Waals surface area (Å²) in [6.07, 6.45) is 2.64. The van der Waals surface area contributed by atoms with E-state index in [-0.39, 0.29) is 5.56 Å². The van der Waals surface area contributed by atoms with E-state index in [9.17, 15) is 4.79 Å². The molecule has 1 saturated heterocycles. The van der Waals surface area contributed by atoms with E-state index >= 15 is 0 Å². The second-order valence-electron chi connectivity index (χ2n) is 4.36. The number of H-pyrrole nitrogens is 2. The first-order valence-electron chi connectivity index (χ1n) is 5.42. The molecule has 1 atom stereocenters. The second-order valence-corrected chi connectivity index (χ2v) is 4.36. The Hall–Kier alpha value is -1.85. The van der Waals surface area contributed by atoms with Gasteiger partial charge in [-0.15, -0.1) is 0 Å². The van der Waals surface area contributed by atoms with E-state index in [4.69, 9.17) is 0 Å². The highest BCUT2D eigenvalue weighted by atomic mass is 16.1. The minimum atomic E-state index is -0.131. The van der Waals surface area contributed by atoms with Gasteiger partial charge < -0.3 is 4.90 Å². The number of nitrogens with one attached hydrogen (secondary N) is 2. The molecule has 1 fully saturated rings. The molecule has 0 aromatic carbocycles. The van der Waals surface area contributed by atoms with E-state index in [2.05, 4.69) is 32.0 Å². The van der Waals surface area contributed by atoms with Crippen LogP contribution in [0.5, 0.6) is 0 Å². The van der Waals surface area contributed by atoms with Gasteiger partial charge >= 0.3 is 0 Å². The minimum absolute atomic E-state index is 0.131. The topological polar surface area (TPSA) is 77.7 Å². The van der Waals surface area contributed by atoms with E-state index in [1.165, 1.54) is 6.20 Å². The third-order valence-corrected chi connectivity index (χ3v) is 3.03. The SMILES string of the molecule is C[C@@H]1CCN(c2nc3[nH]ncc3c(=O)[nH]2)C1. The number of aromatic amines is 2. The van der Waals surface area contributed by atoms with Crippen molar-refractivity contribution < 1.29 is 0 Å². The average molecular weight is 219 g/mol. The molecule has 0 unspecified atom stereocenters. The summed E-state index contributed by atoms with van der Waals surface area (Å²) in [4.78, 5) is 21.0. The molecule has 0 spiro atoms. The van der Waals surface area contributed by atoms with Crippen molar-refractivity contribution in [3.63, 3.8) is 0 Å².